The van der Waals surface area contributed by atoms with E-state index in [-0.39, 0.29) is 17.1 Å². The van der Waals surface area contributed by atoms with Gasteiger partial charge < -0.3 is 10.4 Å². The number of hydrogen-bond donors (Lipinski definition) is 2. The molecule has 21 heavy (non-hydrogen) atoms. The van der Waals surface area contributed by atoms with Crippen LogP contribution in [0.3, 0.4) is 0 Å². The highest BCUT2D eigenvalue weighted by Crippen LogP contribution is 2.50. The zero-order chi connectivity index (χ0) is 15.0. The van der Waals surface area contributed by atoms with Crippen LogP contribution in [0.1, 0.15) is 41.9 Å². The molecule has 5 heteroatoms. The van der Waals surface area contributed by atoms with Crippen LogP contribution in [0.2, 0.25) is 0 Å². The first-order chi connectivity index (χ1) is 10.0. The maximum atomic E-state index is 12.2. The smallest absolute Gasteiger partial charge is 0.223 e. The van der Waals surface area contributed by atoms with Crippen LogP contribution in [-0.2, 0) is 4.79 Å². The number of aryl methyl sites for hydroxylation is 1. The second-order valence-electron chi connectivity index (χ2n) is 6.20. The topological polar surface area (TPSA) is 49.3 Å². The third-order valence-corrected chi connectivity index (χ3v) is 7.17. The number of carbonyl (C=O) groups is 1. The Balaban J connectivity index is 1.48. The largest absolute Gasteiger partial charge is 0.387 e. The van der Waals surface area contributed by atoms with E-state index in [1.165, 1.54) is 9.75 Å². The van der Waals surface area contributed by atoms with Crippen molar-refractivity contribution >= 4 is 29.0 Å². The standard InChI is InChI=1S/C16H23NO2S2/c1-3-20-14-6-7-16(14,19)9-17-15(18)12-8-11(12)13-5-4-10(2)21-13/h4-5,11-12,14,19H,3,6-9H2,1-2H3,(H,17,18). The van der Waals surface area contributed by atoms with Gasteiger partial charge in [-0.2, -0.15) is 11.8 Å². The highest BCUT2D eigenvalue weighted by molar-refractivity contribution is 8.00. The lowest BCUT2D eigenvalue weighted by molar-refractivity contribution is -0.124. The molecule has 4 atom stereocenters. The predicted molar refractivity (Wildman–Crippen MR) is 89.0 cm³/mol. The van der Waals surface area contributed by atoms with Gasteiger partial charge in [-0.25, -0.2) is 0 Å². The summed E-state index contributed by atoms with van der Waals surface area (Å²) in [6.07, 6.45) is 2.83. The van der Waals surface area contributed by atoms with Crippen molar-refractivity contribution in [3.05, 3.63) is 21.9 Å². The predicted octanol–water partition coefficient (Wildman–Crippen LogP) is 2.92. The van der Waals surface area contributed by atoms with E-state index in [2.05, 4.69) is 31.3 Å². The van der Waals surface area contributed by atoms with Crippen molar-refractivity contribution in [1.29, 1.82) is 0 Å². The lowest BCUT2D eigenvalue weighted by Crippen LogP contribution is -2.57. The molecule has 1 heterocycles. The molecule has 0 radical (unpaired) electrons. The van der Waals surface area contributed by atoms with Crippen molar-refractivity contribution in [3.63, 3.8) is 0 Å². The molecule has 3 nitrogen and oxygen atoms in total. The van der Waals surface area contributed by atoms with Crippen LogP contribution >= 0.6 is 23.1 Å². The number of thiophene rings is 1. The summed E-state index contributed by atoms with van der Waals surface area (Å²) in [6, 6.07) is 4.27. The molecule has 2 saturated carbocycles. The van der Waals surface area contributed by atoms with Crippen LogP contribution < -0.4 is 5.32 Å². The Hall–Kier alpha value is -0.520. The number of amides is 1. The van der Waals surface area contributed by atoms with Crippen molar-refractivity contribution in [2.45, 2.75) is 49.9 Å². The fraction of sp³-hybridized carbons (Fsp3) is 0.688. The van der Waals surface area contributed by atoms with E-state index in [9.17, 15) is 9.90 Å². The van der Waals surface area contributed by atoms with E-state index in [0.29, 0.717) is 12.5 Å². The number of hydrogen-bond acceptors (Lipinski definition) is 4. The Morgan fingerprint density at radius 3 is 2.95 bits per heavy atom. The molecule has 1 aromatic rings. The van der Waals surface area contributed by atoms with Gasteiger partial charge in [0.15, 0.2) is 0 Å². The van der Waals surface area contributed by atoms with E-state index in [1.807, 2.05) is 0 Å². The molecule has 2 fully saturated rings. The molecule has 2 N–H and O–H groups in total. The quantitative estimate of drug-likeness (QED) is 0.845. The first-order valence-corrected chi connectivity index (χ1v) is 9.58. The molecule has 1 amide bonds. The summed E-state index contributed by atoms with van der Waals surface area (Å²) in [6.45, 7) is 4.62. The third-order valence-electron chi connectivity index (χ3n) is 4.63. The van der Waals surface area contributed by atoms with Crippen molar-refractivity contribution in [2.24, 2.45) is 5.92 Å². The Labute approximate surface area is 134 Å². The molecule has 0 bridgehead atoms. The molecular formula is C16H23NO2S2. The lowest BCUT2D eigenvalue weighted by Gasteiger charge is -2.45. The Kier molecular flexibility index (Phi) is 4.35. The van der Waals surface area contributed by atoms with Gasteiger partial charge in [-0.15, -0.1) is 11.3 Å². The minimum absolute atomic E-state index is 0.115. The second kappa shape index (κ2) is 5.94. The van der Waals surface area contributed by atoms with Gasteiger partial charge in [0.1, 0.15) is 0 Å². The first-order valence-electron chi connectivity index (χ1n) is 7.71. The van der Waals surface area contributed by atoms with E-state index in [0.717, 1.165) is 25.0 Å². The average molecular weight is 325 g/mol. The van der Waals surface area contributed by atoms with Gasteiger partial charge in [-0.05, 0) is 44.1 Å². The van der Waals surface area contributed by atoms with Gasteiger partial charge in [0, 0.05) is 33.4 Å². The van der Waals surface area contributed by atoms with Crippen LogP contribution in [0.15, 0.2) is 12.1 Å². The molecule has 116 valence electrons. The third kappa shape index (κ3) is 3.15. The highest BCUT2D eigenvalue weighted by atomic mass is 32.2. The summed E-state index contributed by atoms with van der Waals surface area (Å²) in [5, 5.41) is 13.8. The van der Waals surface area contributed by atoms with E-state index in [4.69, 9.17) is 0 Å². The van der Waals surface area contributed by atoms with Crippen molar-refractivity contribution in [1.82, 2.24) is 5.32 Å². The molecule has 0 saturated heterocycles. The number of thioether (sulfide) groups is 1. The van der Waals surface area contributed by atoms with Gasteiger partial charge in [0.2, 0.25) is 5.91 Å². The molecule has 0 aliphatic heterocycles. The number of carbonyl (C=O) groups excluding carboxylic acids is 1. The normalized spacial score (nSPS) is 34.3. The van der Waals surface area contributed by atoms with Gasteiger partial charge in [-0.1, -0.05) is 6.92 Å². The van der Waals surface area contributed by atoms with E-state index in [1.54, 1.807) is 23.1 Å². The van der Waals surface area contributed by atoms with Crippen molar-refractivity contribution in [3.8, 4) is 0 Å². The van der Waals surface area contributed by atoms with Crippen molar-refractivity contribution < 1.29 is 9.90 Å². The Bertz CT molecular complexity index is 530. The summed E-state index contributed by atoms with van der Waals surface area (Å²) < 4.78 is 0. The van der Waals surface area contributed by atoms with Gasteiger partial charge in [-0.3, -0.25) is 4.79 Å². The molecule has 2 aliphatic carbocycles. The fourth-order valence-corrected chi connectivity index (χ4v) is 5.31. The monoisotopic (exact) mass is 325 g/mol. The summed E-state index contributed by atoms with van der Waals surface area (Å²) in [4.78, 5) is 14.9. The minimum Gasteiger partial charge on any atom is -0.387 e. The molecular weight excluding hydrogens is 302 g/mol. The first kappa shape index (κ1) is 15.4. The minimum atomic E-state index is -0.680. The van der Waals surface area contributed by atoms with Crippen LogP contribution in [0, 0.1) is 12.8 Å². The maximum Gasteiger partial charge on any atom is 0.223 e. The SMILES string of the molecule is CCSC1CCC1(O)CNC(=O)C1CC1c1ccc(C)s1. The molecule has 0 aromatic carbocycles. The van der Waals surface area contributed by atoms with Crippen LogP contribution in [0.5, 0.6) is 0 Å². The molecule has 2 aliphatic rings. The van der Waals surface area contributed by atoms with Crippen LogP contribution in [0.4, 0.5) is 0 Å². The van der Waals surface area contributed by atoms with Gasteiger partial charge in [0.05, 0.1) is 5.60 Å². The summed E-state index contributed by atoms with van der Waals surface area (Å²) in [7, 11) is 0. The summed E-state index contributed by atoms with van der Waals surface area (Å²) >= 11 is 3.59. The highest BCUT2D eigenvalue weighted by Gasteiger charge is 2.48. The molecule has 3 rings (SSSR count). The second-order valence-corrected chi connectivity index (χ2v) is 9.00. The molecule has 4 unspecified atom stereocenters. The summed E-state index contributed by atoms with van der Waals surface area (Å²) in [5.74, 6) is 1.65. The molecule has 0 spiro atoms. The molecule has 1 aromatic heterocycles. The van der Waals surface area contributed by atoms with Crippen molar-refractivity contribution in [2.75, 3.05) is 12.3 Å². The van der Waals surface area contributed by atoms with Crippen LogP contribution in [-0.4, -0.2) is 34.2 Å². The van der Waals surface area contributed by atoms with E-state index < -0.39 is 5.60 Å². The van der Waals surface area contributed by atoms with Gasteiger partial charge >= 0.3 is 0 Å². The summed E-state index contributed by atoms with van der Waals surface area (Å²) in [5.41, 5.74) is -0.680. The zero-order valence-corrected chi connectivity index (χ0v) is 14.2. The van der Waals surface area contributed by atoms with E-state index >= 15 is 0 Å². The number of rotatable bonds is 6. The average Bonchev–Trinajstić information content (AvgIpc) is 3.15. The van der Waals surface area contributed by atoms with Crippen LogP contribution in [0.25, 0.3) is 0 Å². The maximum absolute atomic E-state index is 12.2. The lowest BCUT2D eigenvalue weighted by atomic mass is 9.79. The Morgan fingerprint density at radius 1 is 1.57 bits per heavy atom. The number of nitrogens with one attached hydrogen (secondary N) is 1. The fourth-order valence-electron chi connectivity index (χ4n) is 3.06. The van der Waals surface area contributed by atoms with Gasteiger partial charge in [0.25, 0.3) is 0 Å². The Morgan fingerprint density at radius 2 is 2.38 bits per heavy atom. The zero-order valence-electron chi connectivity index (χ0n) is 12.6. The number of aliphatic hydroxyl groups is 1.